The Kier molecular flexibility index (Phi) is 10.3. The number of benzene rings is 1. The van der Waals surface area contributed by atoms with Crippen molar-refractivity contribution in [1.29, 1.82) is 0 Å². The summed E-state index contributed by atoms with van der Waals surface area (Å²) in [7, 11) is 0. The number of nitrogen functional groups attached to an aromatic ring is 1. The van der Waals surface area contributed by atoms with Gasteiger partial charge in [0.2, 0.25) is 6.10 Å². The number of hydrogen-bond acceptors (Lipinski definition) is 16. The van der Waals surface area contributed by atoms with E-state index in [1.165, 1.54) is 34.2 Å². The lowest BCUT2D eigenvalue weighted by Crippen LogP contribution is -2.71. The number of aromatic nitrogens is 1. The molecule has 2 saturated heterocycles. The minimum absolute atomic E-state index is 0.0579. The minimum Gasteiger partial charge on any atom is -0.478 e. The summed E-state index contributed by atoms with van der Waals surface area (Å²) in [5.74, 6) is -4.21. The third kappa shape index (κ3) is 7.34. The number of carboxylic acids is 2. The van der Waals surface area contributed by atoms with Gasteiger partial charge >= 0.3 is 23.9 Å². The van der Waals surface area contributed by atoms with Crippen LogP contribution in [-0.4, -0.2) is 94.8 Å². The summed E-state index contributed by atoms with van der Waals surface area (Å²) in [6, 6.07) is 2.40. The summed E-state index contributed by atoms with van der Waals surface area (Å²) in [5, 5.41) is 27.0. The van der Waals surface area contributed by atoms with Gasteiger partial charge in [-0.25, -0.2) is 14.6 Å². The van der Waals surface area contributed by atoms with E-state index in [2.05, 4.69) is 15.5 Å². The van der Waals surface area contributed by atoms with Crippen LogP contribution in [0, 0.1) is 0 Å². The zero-order chi connectivity index (χ0) is 34.0. The number of anilines is 1. The summed E-state index contributed by atoms with van der Waals surface area (Å²) in [4.78, 5) is 84.9. The van der Waals surface area contributed by atoms with E-state index >= 15 is 0 Å². The van der Waals surface area contributed by atoms with Crippen molar-refractivity contribution in [1.82, 2.24) is 15.2 Å². The van der Waals surface area contributed by atoms with E-state index in [9.17, 15) is 39.0 Å². The highest BCUT2D eigenvalue weighted by atomic mass is 32.2. The molecule has 2 aromatic rings. The van der Waals surface area contributed by atoms with E-state index in [-0.39, 0.29) is 38.2 Å². The van der Waals surface area contributed by atoms with Crippen LogP contribution in [-0.2, 0) is 33.6 Å². The lowest BCUT2D eigenvalue weighted by Gasteiger charge is -2.49. The first-order valence-electron chi connectivity index (χ1n) is 13.5. The second kappa shape index (κ2) is 14.2. The smallest absolute Gasteiger partial charge is 0.352 e. The Labute approximate surface area is 282 Å². The number of fused-ring (bicyclic) bond motifs is 1. The predicted octanol–water partition coefficient (Wildman–Crippen LogP) is 1.67. The number of rotatable bonds is 11. The molecular weight excluding hydrogens is 699 g/mol. The van der Waals surface area contributed by atoms with Crippen LogP contribution in [0.2, 0.25) is 0 Å². The minimum atomic E-state index is -1.86. The maximum absolute atomic E-state index is 13.5. The number of thioether (sulfide) groups is 3. The molecule has 16 nitrogen and oxygen atoms in total. The van der Waals surface area contributed by atoms with E-state index in [1.54, 1.807) is 23.5 Å². The predicted molar refractivity (Wildman–Crippen MR) is 172 cm³/mol. The number of nitrogens with two attached hydrogens (primary N) is 1. The summed E-state index contributed by atoms with van der Waals surface area (Å²) in [5.41, 5.74) is 5.62. The number of oxime groups is 1. The van der Waals surface area contributed by atoms with Crippen molar-refractivity contribution < 1.29 is 53.3 Å². The van der Waals surface area contributed by atoms with Crippen molar-refractivity contribution >= 4 is 93.2 Å². The lowest BCUT2D eigenvalue weighted by atomic mass is 10.0. The van der Waals surface area contributed by atoms with E-state index in [0.717, 1.165) is 42.8 Å². The van der Waals surface area contributed by atoms with Crippen LogP contribution in [0.25, 0.3) is 0 Å². The number of ether oxygens (including phenoxy) is 2. The molecule has 20 heteroatoms. The van der Waals surface area contributed by atoms with Crippen LogP contribution < -0.4 is 20.5 Å². The molecule has 248 valence electrons. The Balaban J connectivity index is 1.40. The highest BCUT2D eigenvalue weighted by Gasteiger charge is 2.55. The standard InChI is InChI=1S/C27H25N5O11S4/c1-10(33)41-15-4-3-12(7-16(15)42-11(2)34)20(25(39)40)43-31-17(14-9-47-27(28)29-14)21(35)30-18-22(36)32-19(24(37)38)13(8-46-23(18)32)26-44-5-6-45-26/h3-4,7,9,18,20,23,26H,5-6,8H2,1-2H3,(H2,28,29)(H,30,35)(H,37,38)(H,39,40)/b31-17-/t18-,20-,23+/m1/s1. The van der Waals surface area contributed by atoms with Crippen molar-refractivity contribution in [2.24, 2.45) is 5.16 Å². The van der Waals surface area contributed by atoms with E-state index in [1.807, 2.05) is 0 Å². The molecule has 2 fully saturated rings. The number of nitrogens with zero attached hydrogens (tertiary/aromatic N) is 3. The van der Waals surface area contributed by atoms with Crippen LogP contribution in [0.15, 0.2) is 40.0 Å². The SMILES string of the molecule is CC(=O)Oc1ccc([C@@H](O/N=C(\C(=O)N[C@@H]2C(=O)N3C(C(=O)O)=C(C4SCCS4)CS[C@@H]23)c2csc(N)n2)C(=O)O)cc1OC(C)=O. The molecule has 3 aliphatic rings. The monoisotopic (exact) mass is 723 g/mol. The van der Waals surface area contributed by atoms with Gasteiger partial charge in [0.05, 0.1) is 4.58 Å². The lowest BCUT2D eigenvalue weighted by molar-refractivity contribution is -0.151. The Morgan fingerprint density at radius 2 is 1.74 bits per heavy atom. The molecule has 1 aromatic carbocycles. The fourth-order valence-electron chi connectivity index (χ4n) is 4.71. The van der Waals surface area contributed by atoms with Gasteiger partial charge in [-0.3, -0.25) is 24.1 Å². The Bertz CT molecular complexity index is 1720. The number of hydrogen-bond donors (Lipinski definition) is 4. The van der Waals surface area contributed by atoms with Gasteiger partial charge < -0.3 is 35.6 Å². The van der Waals surface area contributed by atoms with Crippen LogP contribution in [0.3, 0.4) is 0 Å². The fraction of sp³-hybridized carbons (Fsp3) is 0.333. The molecular formula is C27H25N5O11S4. The summed E-state index contributed by atoms with van der Waals surface area (Å²) in [6.45, 7) is 2.21. The van der Waals surface area contributed by atoms with Crippen molar-refractivity contribution in [3.63, 3.8) is 0 Å². The van der Waals surface area contributed by atoms with Crippen LogP contribution in [0.1, 0.15) is 31.2 Å². The van der Waals surface area contributed by atoms with Gasteiger partial charge in [-0.1, -0.05) is 11.2 Å². The Morgan fingerprint density at radius 3 is 2.34 bits per heavy atom. The van der Waals surface area contributed by atoms with Crippen molar-refractivity contribution in [3.05, 3.63) is 46.1 Å². The number of carbonyl (C=O) groups is 6. The molecule has 0 bridgehead atoms. The van der Waals surface area contributed by atoms with Crippen molar-refractivity contribution in [2.75, 3.05) is 23.0 Å². The molecule has 1 aromatic heterocycles. The number of amides is 2. The average molecular weight is 724 g/mol. The van der Waals surface area contributed by atoms with Crippen LogP contribution in [0.4, 0.5) is 5.13 Å². The van der Waals surface area contributed by atoms with Crippen molar-refractivity contribution in [2.45, 2.75) is 35.9 Å². The van der Waals surface area contributed by atoms with Gasteiger partial charge in [-0.2, -0.15) is 0 Å². The van der Waals surface area contributed by atoms with Gasteiger partial charge in [0.1, 0.15) is 22.8 Å². The number of aliphatic carboxylic acids is 2. The number of carboxylic acid groups (broad SMARTS) is 2. The quantitative estimate of drug-likeness (QED) is 0.0848. The van der Waals surface area contributed by atoms with Crippen LogP contribution >= 0.6 is 46.6 Å². The molecule has 0 spiro atoms. The second-order valence-electron chi connectivity index (χ2n) is 9.84. The largest absolute Gasteiger partial charge is 0.478 e. The number of carbonyl (C=O) groups excluding carboxylic acids is 4. The number of thiazole rings is 1. The van der Waals surface area contributed by atoms with Gasteiger partial charge in [0, 0.05) is 42.0 Å². The maximum Gasteiger partial charge on any atom is 0.352 e. The first-order valence-corrected chi connectivity index (χ1v) is 17.5. The number of nitrogens with one attached hydrogen (secondary N) is 1. The molecule has 5 rings (SSSR count). The molecule has 3 aliphatic heterocycles. The topological polar surface area (TPSA) is 237 Å². The zero-order valence-corrected chi connectivity index (χ0v) is 27.6. The van der Waals surface area contributed by atoms with Gasteiger partial charge in [-0.15, -0.1) is 46.6 Å². The van der Waals surface area contributed by atoms with E-state index < -0.39 is 58.9 Å². The molecule has 3 atom stereocenters. The molecule has 0 saturated carbocycles. The molecule has 2 amide bonds. The summed E-state index contributed by atoms with van der Waals surface area (Å²) >= 11 is 5.52. The molecule has 5 N–H and O–H groups in total. The Hall–Kier alpha value is -4.27. The molecule has 0 unspecified atom stereocenters. The summed E-state index contributed by atoms with van der Waals surface area (Å²) in [6.07, 6.45) is -1.86. The summed E-state index contributed by atoms with van der Waals surface area (Å²) < 4.78 is 9.99. The highest BCUT2D eigenvalue weighted by Crippen LogP contribution is 2.47. The first-order chi connectivity index (χ1) is 22.3. The normalized spacial score (nSPS) is 20.2. The second-order valence-corrected chi connectivity index (χ2v) is 14.6. The highest BCUT2D eigenvalue weighted by molar-refractivity contribution is 8.20. The number of esters is 2. The first kappa shape index (κ1) is 34.1. The third-order valence-corrected chi connectivity index (χ3v) is 11.7. The molecule has 0 aliphatic carbocycles. The van der Waals surface area contributed by atoms with Gasteiger partial charge in [0.25, 0.3) is 11.8 Å². The van der Waals surface area contributed by atoms with Gasteiger partial charge in [0.15, 0.2) is 22.3 Å². The third-order valence-electron chi connectivity index (χ3n) is 6.62. The molecule has 0 radical (unpaired) electrons. The Morgan fingerprint density at radius 1 is 1.06 bits per heavy atom. The van der Waals surface area contributed by atoms with Gasteiger partial charge in [-0.05, 0) is 17.7 Å². The number of β-lactam (4-membered cyclic amide) rings is 1. The van der Waals surface area contributed by atoms with E-state index in [0.29, 0.717) is 11.3 Å². The zero-order valence-electron chi connectivity index (χ0n) is 24.4. The van der Waals surface area contributed by atoms with Crippen molar-refractivity contribution in [3.8, 4) is 11.5 Å². The van der Waals surface area contributed by atoms with E-state index in [4.69, 9.17) is 20.0 Å². The maximum atomic E-state index is 13.5. The molecule has 47 heavy (non-hydrogen) atoms. The average Bonchev–Trinajstić information content (AvgIpc) is 3.70. The fourth-order valence-corrected chi connectivity index (χ4v) is 9.81. The van der Waals surface area contributed by atoms with Crippen LogP contribution in [0.5, 0.6) is 11.5 Å². The molecule has 4 heterocycles.